The molecule has 2 aromatic rings. The molecule has 0 atom stereocenters. The third-order valence-electron chi connectivity index (χ3n) is 2.81. The molecule has 1 aromatic heterocycles. The second kappa shape index (κ2) is 6.01. The van der Waals surface area contributed by atoms with Crippen molar-refractivity contribution in [1.29, 1.82) is 0 Å². The number of rotatable bonds is 5. The van der Waals surface area contributed by atoms with E-state index in [-0.39, 0.29) is 23.6 Å². The molecule has 0 aliphatic rings. The Morgan fingerprint density at radius 3 is 2.90 bits per heavy atom. The number of benzene rings is 1. The Balaban J connectivity index is 2.22. The maximum Gasteiger partial charge on any atom is 0.310 e. The minimum absolute atomic E-state index is 0.0993. The second-order valence-electron chi connectivity index (χ2n) is 4.16. The number of nitrogens with one attached hydrogen (secondary N) is 2. The lowest BCUT2D eigenvalue weighted by molar-refractivity contribution is -0.385. The van der Waals surface area contributed by atoms with Crippen molar-refractivity contribution >= 4 is 11.6 Å². The first-order chi connectivity index (χ1) is 10.0. The molecule has 9 nitrogen and oxygen atoms in total. The molecule has 0 saturated heterocycles. The van der Waals surface area contributed by atoms with Gasteiger partial charge in [0.25, 0.3) is 5.91 Å². The number of nitrogens with zero attached hydrogens (tertiary/aromatic N) is 2. The van der Waals surface area contributed by atoms with E-state index in [1.165, 1.54) is 18.2 Å². The van der Waals surface area contributed by atoms with E-state index >= 15 is 0 Å². The van der Waals surface area contributed by atoms with Crippen LogP contribution in [0, 0.1) is 17.0 Å². The van der Waals surface area contributed by atoms with Crippen molar-refractivity contribution in [2.24, 2.45) is 5.84 Å². The van der Waals surface area contributed by atoms with Gasteiger partial charge in [-0.25, -0.2) is 5.84 Å². The van der Waals surface area contributed by atoms with E-state index in [1.807, 2.05) is 5.43 Å². The molecule has 0 fully saturated rings. The first-order valence-corrected chi connectivity index (χ1v) is 5.95. The van der Waals surface area contributed by atoms with Crippen LogP contribution in [-0.2, 0) is 6.61 Å². The van der Waals surface area contributed by atoms with Crippen molar-refractivity contribution in [2.45, 2.75) is 13.5 Å². The van der Waals surface area contributed by atoms with Gasteiger partial charge in [-0.1, -0.05) is 12.1 Å². The minimum Gasteiger partial charge on any atom is -0.480 e. The fourth-order valence-corrected chi connectivity index (χ4v) is 1.83. The van der Waals surface area contributed by atoms with Crippen molar-refractivity contribution in [2.75, 3.05) is 0 Å². The molecule has 1 heterocycles. The van der Waals surface area contributed by atoms with Gasteiger partial charge in [-0.3, -0.25) is 25.4 Å². The Kier molecular flexibility index (Phi) is 4.14. The third kappa shape index (κ3) is 2.98. The summed E-state index contributed by atoms with van der Waals surface area (Å²) in [6, 6.07) is 5.96. The SMILES string of the molecule is Cc1[nH]nc(COc2ccccc2[N+](=O)[O-])c1C(=O)NN. The Morgan fingerprint density at radius 1 is 1.52 bits per heavy atom. The lowest BCUT2D eigenvalue weighted by atomic mass is 10.2. The van der Waals surface area contributed by atoms with Gasteiger partial charge >= 0.3 is 5.69 Å². The zero-order chi connectivity index (χ0) is 15.4. The van der Waals surface area contributed by atoms with Gasteiger partial charge in [0.2, 0.25) is 0 Å². The number of hydrazine groups is 1. The van der Waals surface area contributed by atoms with Crippen LogP contribution in [0.25, 0.3) is 0 Å². The molecule has 0 radical (unpaired) electrons. The molecule has 0 saturated carbocycles. The Hall–Kier alpha value is -2.94. The van der Waals surface area contributed by atoms with E-state index in [1.54, 1.807) is 13.0 Å². The van der Waals surface area contributed by atoms with Crippen LogP contribution >= 0.6 is 0 Å². The van der Waals surface area contributed by atoms with Gasteiger partial charge in [-0.2, -0.15) is 5.10 Å². The fraction of sp³-hybridized carbons (Fsp3) is 0.167. The summed E-state index contributed by atoms with van der Waals surface area (Å²) in [6.07, 6.45) is 0. The fourth-order valence-electron chi connectivity index (χ4n) is 1.83. The van der Waals surface area contributed by atoms with E-state index in [4.69, 9.17) is 10.6 Å². The minimum atomic E-state index is -0.543. The maximum atomic E-state index is 11.6. The largest absolute Gasteiger partial charge is 0.480 e. The van der Waals surface area contributed by atoms with Gasteiger partial charge in [0.1, 0.15) is 12.3 Å². The molecule has 0 aliphatic carbocycles. The van der Waals surface area contributed by atoms with Gasteiger partial charge in [0.15, 0.2) is 5.75 Å². The molecule has 0 unspecified atom stereocenters. The van der Waals surface area contributed by atoms with Crippen LogP contribution in [0.4, 0.5) is 5.69 Å². The summed E-state index contributed by atoms with van der Waals surface area (Å²) in [7, 11) is 0. The number of nitro groups is 1. The number of aromatic nitrogens is 2. The Bertz CT molecular complexity index is 682. The zero-order valence-electron chi connectivity index (χ0n) is 11.1. The summed E-state index contributed by atoms with van der Waals surface area (Å²) in [5, 5.41) is 17.5. The van der Waals surface area contributed by atoms with Crippen LogP contribution in [0.2, 0.25) is 0 Å². The normalized spacial score (nSPS) is 10.2. The Labute approximate surface area is 119 Å². The monoisotopic (exact) mass is 291 g/mol. The second-order valence-corrected chi connectivity index (χ2v) is 4.16. The maximum absolute atomic E-state index is 11.6. The van der Waals surface area contributed by atoms with Crippen molar-refractivity contribution < 1.29 is 14.5 Å². The zero-order valence-corrected chi connectivity index (χ0v) is 11.1. The van der Waals surface area contributed by atoms with Crippen LogP contribution in [0.3, 0.4) is 0 Å². The number of nitrogen functional groups attached to an aromatic ring is 1. The van der Waals surface area contributed by atoms with E-state index in [0.717, 1.165) is 0 Å². The van der Waals surface area contributed by atoms with Crippen LogP contribution in [0.1, 0.15) is 21.7 Å². The summed E-state index contributed by atoms with van der Waals surface area (Å²) >= 11 is 0. The number of para-hydroxylation sites is 2. The summed E-state index contributed by atoms with van der Waals surface area (Å²) in [4.78, 5) is 22.0. The number of carbonyl (C=O) groups excluding carboxylic acids is 1. The summed E-state index contributed by atoms with van der Waals surface area (Å²) in [5.74, 6) is 4.69. The molecular weight excluding hydrogens is 278 g/mol. The van der Waals surface area contributed by atoms with Crippen LogP contribution in [0.15, 0.2) is 24.3 Å². The highest BCUT2D eigenvalue weighted by molar-refractivity contribution is 5.95. The highest BCUT2D eigenvalue weighted by atomic mass is 16.6. The predicted molar refractivity (Wildman–Crippen MR) is 72.4 cm³/mol. The predicted octanol–water partition coefficient (Wildman–Crippen LogP) is 0.809. The number of hydrogen-bond acceptors (Lipinski definition) is 6. The molecule has 2 rings (SSSR count). The summed E-state index contributed by atoms with van der Waals surface area (Å²) < 4.78 is 5.39. The average molecular weight is 291 g/mol. The number of aryl methyl sites for hydroxylation is 1. The van der Waals surface area contributed by atoms with E-state index in [2.05, 4.69) is 10.2 Å². The standard InChI is InChI=1S/C12H13N5O4/c1-7-11(12(18)14-13)8(16-15-7)6-21-10-5-3-2-4-9(10)17(19)20/h2-5H,6,13H2,1H3,(H,14,18)(H,15,16). The van der Waals surface area contributed by atoms with Gasteiger partial charge in [0, 0.05) is 11.8 Å². The smallest absolute Gasteiger partial charge is 0.310 e. The topological polar surface area (TPSA) is 136 Å². The molecule has 110 valence electrons. The summed E-state index contributed by atoms with van der Waals surface area (Å²) in [5.41, 5.74) is 2.96. The first kappa shape index (κ1) is 14.5. The van der Waals surface area contributed by atoms with Gasteiger partial charge in [0.05, 0.1) is 10.5 Å². The number of nitro benzene ring substituents is 1. The molecule has 1 amide bonds. The van der Waals surface area contributed by atoms with Crippen molar-refractivity contribution in [3.8, 4) is 5.75 Å². The molecule has 0 spiro atoms. The highest BCUT2D eigenvalue weighted by Gasteiger charge is 2.19. The molecule has 9 heteroatoms. The van der Waals surface area contributed by atoms with Crippen LogP contribution in [-0.4, -0.2) is 21.0 Å². The van der Waals surface area contributed by atoms with E-state index in [9.17, 15) is 14.9 Å². The molecule has 0 aliphatic heterocycles. The van der Waals surface area contributed by atoms with Crippen LogP contribution in [0.5, 0.6) is 5.75 Å². The molecule has 1 aromatic carbocycles. The van der Waals surface area contributed by atoms with E-state index < -0.39 is 10.8 Å². The number of aromatic amines is 1. The third-order valence-corrected chi connectivity index (χ3v) is 2.81. The van der Waals surface area contributed by atoms with Gasteiger partial charge < -0.3 is 4.74 Å². The van der Waals surface area contributed by atoms with Gasteiger partial charge in [-0.15, -0.1) is 0 Å². The van der Waals surface area contributed by atoms with Crippen molar-refractivity contribution in [3.05, 3.63) is 51.3 Å². The number of amides is 1. The number of carbonyl (C=O) groups is 1. The number of ether oxygens (including phenoxy) is 1. The molecular formula is C12H13N5O4. The van der Waals surface area contributed by atoms with Gasteiger partial charge in [-0.05, 0) is 13.0 Å². The van der Waals surface area contributed by atoms with Crippen molar-refractivity contribution in [3.63, 3.8) is 0 Å². The highest BCUT2D eigenvalue weighted by Crippen LogP contribution is 2.26. The van der Waals surface area contributed by atoms with Crippen molar-refractivity contribution in [1.82, 2.24) is 15.6 Å². The number of nitrogens with two attached hydrogens (primary N) is 1. The molecule has 21 heavy (non-hydrogen) atoms. The quantitative estimate of drug-likeness (QED) is 0.323. The average Bonchev–Trinajstić information content (AvgIpc) is 2.85. The first-order valence-electron chi connectivity index (χ1n) is 5.95. The lowest BCUT2D eigenvalue weighted by Crippen LogP contribution is -2.31. The van der Waals surface area contributed by atoms with E-state index in [0.29, 0.717) is 11.4 Å². The molecule has 0 bridgehead atoms. The lowest BCUT2D eigenvalue weighted by Gasteiger charge is -2.06. The van der Waals surface area contributed by atoms with Crippen LogP contribution < -0.4 is 16.0 Å². The Morgan fingerprint density at radius 2 is 2.24 bits per heavy atom. The number of H-pyrrole nitrogens is 1. The number of hydrogen-bond donors (Lipinski definition) is 3. The molecule has 4 N–H and O–H groups in total. The summed E-state index contributed by atoms with van der Waals surface area (Å²) in [6.45, 7) is 1.56.